The highest BCUT2D eigenvalue weighted by atomic mass is 19.1. The van der Waals surface area contributed by atoms with Crippen molar-refractivity contribution in [3.8, 4) is 0 Å². The number of aromatic carboxylic acids is 1. The molecule has 0 spiro atoms. The molecule has 5 rings (SSSR count). The molecule has 0 atom stereocenters. The Morgan fingerprint density at radius 2 is 1.94 bits per heavy atom. The van der Waals surface area contributed by atoms with Crippen LogP contribution in [0.3, 0.4) is 0 Å². The summed E-state index contributed by atoms with van der Waals surface area (Å²) in [7, 11) is 0. The second-order valence-electron chi connectivity index (χ2n) is 8.09. The van der Waals surface area contributed by atoms with Crippen molar-refractivity contribution in [1.82, 2.24) is 24.4 Å². The van der Waals surface area contributed by atoms with Gasteiger partial charge in [0.2, 0.25) is 5.43 Å². The summed E-state index contributed by atoms with van der Waals surface area (Å²) in [6, 6.07) is 9.00. The lowest BCUT2D eigenvalue weighted by Gasteiger charge is -2.35. The first-order valence-corrected chi connectivity index (χ1v) is 10.8. The third-order valence-corrected chi connectivity index (χ3v) is 6.04. The SMILES string of the molecule is CCn1cc(C(=O)O)c(=O)c2cc(F)c(N3CCN(Cc4nc5ccccc5[nH]4)CC3)nc21. The lowest BCUT2D eigenvalue weighted by molar-refractivity contribution is 0.0695. The van der Waals surface area contributed by atoms with Crippen LogP contribution in [0.25, 0.3) is 22.1 Å². The van der Waals surface area contributed by atoms with E-state index in [4.69, 9.17) is 0 Å². The summed E-state index contributed by atoms with van der Waals surface area (Å²) in [6.45, 7) is 5.43. The molecular formula is C23H23FN6O3. The molecule has 170 valence electrons. The summed E-state index contributed by atoms with van der Waals surface area (Å²) in [5, 5.41) is 9.27. The van der Waals surface area contributed by atoms with Gasteiger partial charge in [-0.25, -0.2) is 19.2 Å². The fourth-order valence-corrected chi connectivity index (χ4v) is 4.30. The van der Waals surface area contributed by atoms with E-state index in [9.17, 15) is 19.1 Å². The summed E-state index contributed by atoms with van der Waals surface area (Å²) in [6.07, 6.45) is 1.27. The molecule has 1 aliphatic heterocycles. The van der Waals surface area contributed by atoms with Crippen molar-refractivity contribution in [2.45, 2.75) is 20.0 Å². The molecule has 4 heterocycles. The quantitative estimate of drug-likeness (QED) is 0.481. The molecule has 0 unspecified atom stereocenters. The number of pyridine rings is 2. The zero-order valence-electron chi connectivity index (χ0n) is 18.1. The van der Waals surface area contributed by atoms with Gasteiger partial charge < -0.3 is 19.6 Å². The molecule has 0 saturated carbocycles. The lowest BCUT2D eigenvalue weighted by atomic mass is 10.2. The van der Waals surface area contributed by atoms with Crippen molar-refractivity contribution in [3.05, 3.63) is 64.0 Å². The second kappa shape index (κ2) is 8.28. The first-order valence-electron chi connectivity index (χ1n) is 10.8. The van der Waals surface area contributed by atoms with E-state index in [-0.39, 0.29) is 16.9 Å². The Bertz CT molecular complexity index is 1390. The largest absolute Gasteiger partial charge is 0.477 e. The number of carboxylic acids is 1. The average Bonchev–Trinajstić information content (AvgIpc) is 3.22. The minimum absolute atomic E-state index is 0.0264. The van der Waals surface area contributed by atoms with Crippen molar-refractivity contribution < 1.29 is 14.3 Å². The van der Waals surface area contributed by atoms with Gasteiger partial charge in [-0.15, -0.1) is 0 Å². The molecule has 1 aliphatic rings. The number of hydrogen-bond acceptors (Lipinski definition) is 6. The maximum Gasteiger partial charge on any atom is 0.341 e. The van der Waals surface area contributed by atoms with Gasteiger partial charge in [0, 0.05) is 38.9 Å². The van der Waals surface area contributed by atoms with Crippen LogP contribution in [0.5, 0.6) is 0 Å². The Morgan fingerprint density at radius 1 is 1.18 bits per heavy atom. The van der Waals surface area contributed by atoms with Crippen molar-refractivity contribution in [3.63, 3.8) is 0 Å². The van der Waals surface area contributed by atoms with Crippen LogP contribution >= 0.6 is 0 Å². The number of para-hydroxylation sites is 2. The number of piperazine rings is 1. The highest BCUT2D eigenvalue weighted by Crippen LogP contribution is 2.23. The Kier molecular flexibility index (Phi) is 5.29. The standard InChI is InChI=1S/C23H23FN6O3/c1-2-29-12-15(23(32)33)20(31)14-11-16(24)22(27-21(14)29)30-9-7-28(8-10-30)13-19-25-17-5-3-4-6-18(17)26-19/h3-6,11-12H,2,7-10,13H2,1H3,(H,25,26)(H,32,33). The van der Waals surface area contributed by atoms with E-state index < -0.39 is 22.8 Å². The topological polar surface area (TPSA) is 107 Å². The highest BCUT2D eigenvalue weighted by Gasteiger charge is 2.24. The molecule has 10 heteroatoms. The Morgan fingerprint density at radius 3 is 2.64 bits per heavy atom. The Labute approximate surface area is 188 Å². The summed E-state index contributed by atoms with van der Waals surface area (Å²) in [5.74, 6) is -0.902. The minimum Gasteiger partial charge on any atom is -0.477 e. The van der Waals surface area contributed by atoms with Gasteiger partial charge in [0.25, 0.3) is 0 Å². The maximum absolute atomic E-state index is 15.0. The van der Waals surface area contributed by atoms with E-state index in [1.54, 1.807) is 4.57 Å². The summed E-state index contributed by atoms with van der Waals surface area (Å²) in [4.78, 5) is 40.4. The van der Waals surface area contributed by atoms with E-state index in [1.165, 1.54) is 6.20 Å². The lowest BCUT2D eigenvalue weighted by Crippen LogP contribution is -2.46. The van der Waals surface area contributed by atoms with Gasteiger partial charge in [0.05, 0.1) is 23.0 Å². The smallest absolute Gasteiger partial charge is 0.341 e. The van der Waals surface area contributed by atoms with Crippen LogP contribution in [0, 0.1) is 5.82 Å². The predicted molar refractivity (Wildman–Crippen MR) is 122 cm³/mol. The van der Waals surface area contributed by atoms with Gasteiger partial charge in [-0.2, -0.15) is 0 Å². The molecular weight excluding hydrogens is 427 g/mol. The number of aromatic amines is 1. The second-order valence-corrected chi connectivity index (χ2v) is 8.09. The number of benzene rings is 1. The molecule has 0 amide bonds. The average molecular weight is 450 g/mol. The molecule has 0 radical (unpaired) electrons. The number of imidazole rings is 1. The molecule has 3 aromatic heterocycles. The number of nitrogens with zero attached hydrogens (tertiary/aromatic N) is 5. The van der Waals surface area contributed by atoms with Gasteiger partial charge in [0.1, 0.15) is 17.0 Å². The molecule has 0 aliphatic carbocycles. The van der Waals surface area contributed by atoms with Gasteiger partial charge in [-0.3, -0.25) is 9.69 Å². The van der Waals surface area contributed by atoms with Crippen LogP contribution in [0.2, 0.25) is 0 Å². The van der Waals surface area contributed by atoms with Gasteiger partial charge >= 0.3 is 5.97 Å². The van der Waals surface area contributed by atoms with Crippen LogP contribution in [-0.2, 0) is 13.1 Å². The third kappa shape index (κ3) is 3.82. The third-order valence-electron chi connectivity index (χ3n) is 6.04. The highest BCUT2D eigenvalue weighted by molar-refractivity contribution is 5.92. The van der Waals surface area contributed by atoms with E-state index in [0.29, 0.717) is 39.3 Å². The van der Waals surface area contributed by atoms with Crippen molar-refractivity contribution in [2.75, 3.05) is 31.1 Å². The summed E-state index contributed by atoms with van der Waals surface area (Å²) >= 11 is 0. The van der Waals surface area contributed by atoms with E-state index in [0.717, 1.165) is 22.9 Å². The molecule has 1 saturated heterocycles. The fraction of sp³-hybridized carbons (Fsp3) is 0.304. The number of carboxylic acid groups (broad SMARTS) is 1. The minimum atomic E-state index is -1.34. The Hall–Kier alpha value is -3.79. The molecule has 0 bridgehead atoms. The van der Waals surface area contributed by atoms with Crippen molar-refractivity contribution >= 4 is 33.9 Å². The number of aromatic nitrogens is 4. The first kappa shape index (κ1) is 21.1. The zero-order chi connectivity index (χ0) is 23.1. The maximum atomic E-state index is 15.0. The van der Waals surface area contributed by atoms with E-state index in [1.807, 2.05) is 36.1 Å². The Balaban J connectivity index is 1.37. The number of aryl methyl sites for hydroxylation is 1. The van der Waals surface area contributed by atoms with Crippen LogP contribution in [0.1, 0.15) is 23.1 Å². The van der Waals surface area contributed by atoms with E-state index >= 15 is 0 Å². The van der Waals surface area contributed by atoms with Crippen LogP contribution in [-0.4, -0.2) is 61.7 Å². The van der Waals surface area contributed by atoms with Gasteiger partial charge in [0.15, 0.2) is 11.6 Å². The molecule has 1 fully saturated rings. The van der Waals surface area contributed by atoms with E-state index in [2.05, 4.69) is 19.9 Å². The molecule has 1 aromatic carbocycles. The van der Waals surface area contributed by atoms with Crippen LogP contribution in [0.15, 0.2) is 41.3 Å². The number of hydrogen-bond donors (Lipinski definition) is 2. The normalized spacial score (nSPS) is 14.9. The number of halogens is 1. The van der Waals surface area contributed by atoms with Gasteiger partial charge in [-0.05, 0) is 25.1 Å². The molecule has 33 heavy (non-hydrogen) atoms. The number of rotatable bonds is 5. The molecule has 2 N–H and O–H groups in total. The fourth-order valence-electron chi connectivity index (χ4n) is 4.30. The monoisotopic (exact) mass is 450 g/mol. The van der Waals surface area contributed by atoms with Crippen molar-refractivity contribution in [1.29, 1.82) is 0 Å². The van der Waals surface area contributed by atoms with Crippen LogP contribution < -0.4 is 10.3 Å². The number of carbonyl (C=O) groups is 1. The number of nitrogens with one attached hydrogen (secondary N) is 1. The number of anilines is 1. The number of fused-ring (bicyclic) bond motifs is 2. The number of H-pyrrole nitrogens is 1. The van der Waals surface area contributed by atoms with Crippen LogP contribution in [0.4, 0.5) is 10.2 Å². The van der Waals surface area contributed by atoms with Crippen molar-refractivity contribution in [2.24, 2.45) is 0 Å². The zero-order valence-corrected chi connectivity index (χ0v) is 18.1. The summed E-state index contributed by atoms with van der Waals surface area (Å²) in [5.41, 5.74) is 1.10. The summed E-state index contributed by atoms with van der Waals surface area (Å²) < 4.78 is 16.6. The first-order chi connectivity index (χ1) is 15.9. The molecule has 9 nitrogen and oxygen atoms in total. The molecule has 4 aromatic rings. The van der Waals surface area contributed by atoms with Gasteiger partial charge in [-0.1, -0.05) is 12.1 Å². The predicted octanol–water partition coefficient (Wildman–Crippen LogP) is 2.45.